The normalized spacial score (nSPS) is 45.6. The van der Waals surface area contributed by atoms with E-state index in [4.69, 9.17) is 8.74 Å². The van der Waals surface area contributed by atoms with Crippen molar-refractivity contribution in [1.82, 2.24) is 0 Å². The lowest BCUT2D eigenvalue weighted by Gasteiger charge is -2.59. The van der Waals surface area contributed by atoms with Crippen molar-refractivity contribution in [3.8, 4) is 0 Å². The van der Waals surface area contributed by atoms with Crippen LogP contribution in [0.4, 0.5) is 0 Å². The van der Waals surface area contributed by atoms with Gasteiger partial charge < -0.3 is 9.66 Å². The summed E-state index contributed by atoms with van der Waals surface area (Å²) in [5, 5.41) is 10.7. The molecule has 0 bridgehead atoms. The molecule has 0 heterocycles. The second-order valence-corrected chi connectivity index (χ2v) is 13.0. The molecule has 0 spiro atoms. The summed E-state index contributed by atoms with van der Waals surface area (Å²) in [7, 11) is 0. The van der Waals surface area contributed by atoms with Crippen molar-refractivity contribution < 1.29 is 13.8 Å². The second kappa shape index (κ2) is 8.96. The zero-order valence-electron chi connectivity index (χ0n) is 20.5. The van der Waals surface area contributed by atoms with Crippen LogP contribution in [-0.2, 0) is 4.18 Å². The fourth-order valence-corrected chi connectivity index (χ4v) is 8.93. The lowest BCUT2D eigenvalue weighted by atomic mass is 9.46. The summed E-state index contributed by atoms with van der Waals surface area (Å²) in [6.45, 7) is 11.6. The molecular weight excluding hydrogens is 404 g/mol. The SMILES string of the molecule is CC(C)C(CCCC1CCC2C3CC=C4C[C@@](C)(O)CCC4(C)C3CCC12C)OSO. The quantitative estimate of drug-likeness (QED) is 0.309. The van der Waals surface area contributed by atoms with Gasteiger partial charge >= 0.3 is 0 Å². The van der Waals surface area contributed by atoms with Crippen LogP contribution in [-0.4, -0.2) is 21.4 Å². The molecule has 8 atom stereocenters. The van der Waals surface area contributed by atoms with E-state index in [2.05, 4.69) is 33.8 Å². The molecule has 4 aliphatic carbocycles. The minimum absolute atomic E-state index is 0.154. The van der Waals surface area contributed by atoms with Gasteiger partial charge in [0.1, 0.15) is 0 Å². The topological polar surface area (TPSA) is 49.7 Å². The molecule has 0 aliphatic heterocycles. The van der Waals surface area contributed by atoms with E-state index in [1.54, 1.807) is 5.57 Å². The van der Waals surface area contributed by atoms with Crippen LogP contribution in [0.25, 0.3) is 0 Å². The van der Waals surface area contributed by atoms with Gasteiger partial charge in [0.15, 0.2) is 12.3 Å². The highest BCUT2D eigenvalue weighted by Crippen LogP contribution is 2.67. The maximum absolute atomic E-state index is 10.7. The van der Waals surface area contributed by atoms with Gasteiger partial charge in [-0.1, -0.05) is 45.8 Å². The van der Waals surface area contributed by atoms with E-state index in [1.807, 2.05) is 6.92 Å². The van der Waals surface area contributed by atoms with Crippen molar-refractivity contribution in [2.45, 2.75) is 117 Å². The van der Waals surface area contributed by atoms with Crippen LogP contribution in [0.1, 0.15) is 105 Å². The molecule has 31 heavy (non-hydrogen) atoms. The number of fused-ring (bicyclic) bond motifs is 5. The molecule has 4 aliphatic rings. The van der Waals surface area contributed by atoms with E-state index in [1.165, 1.54) is 51.4 Å². The summed E-state index contributed by atoms with van der Waals surface area (Å²) in [6.07, 6.45) is 16.1. The second-order valence-electron chi connectivity index (χ2n) is 12.6. The molecule has 0 aromatic heterocycles. The number of hydrogen-bond donors (Lipinski definition) is 2. The molecular formula is C27H46O3S. The molecule has 0 saturated heterocycles. The third-order valence-electron chi connectivity index (χ3n) is 10.5. The van der Waals surface area contributed by atoms with Crippen LogP contribution in [0, 0.1) is 40.4 Å². The third-order valence-corrected chi connectivity index (χ3v) is 10.9. The first-order valence-electron chi connectivity index (χ1n) is 13.0. The minimum atomic E-state index is -0.494. The molecule has 178 valence electrons. The molecule has 4 rings (SSSR count). The van der Waals surface area contributed by atoms with Gasteiger partial charge in [-0.15, -0.1) is 0 Å². The Morgan fingerprint density at radius 2 is 1.87 bits per heavy atom. The molecule has 0 aromatic rings. The monoisotopic (exact) mass is 450 g/mol. The van der Waals surface area contributed by atoms with Crippen LogP contribution in [0.5, 0.6) is 0 Å². The zero-order valence-corrected chi connectivity index (χ0v) is 21.3. The Labute approximate surface area is 195 Å². The van der Waals surface area contributed by atoms with E-state index >= 15 is 0 Å². The van der Waals surface area contributed by atoms with E-state index in [0.717, 1.165) is 42.9 Å². The van der Waals surface area contributed by atoms with E-state index in [0.29, 0.717) is 29.1 Å². The van der Waals surface area contributed by atoms with Crippen LogP contribution in [0.15, 0.2) is 11.6 Å². The molecule has 3 nitrogen and oxygen atoms in total. The van der Waals surface area contributed by atoms with Gasteiger partial charge in [0.2, 0.25) is 0 Å². The summed E-state index contributed by atoms with van der Waals surface area (Å²) in [5.74, 6) is 3.83. The van der Waals surface area contributed by atoms with Gasteiger partial charge in [-0.3, -0.25) is 4.18 Å². The summed E-state index contributed by atoms with van der Waals surface area (Å²) < 4.78 is 14.6. The summed E-state index contributed by atoms with van der Waals surface area (Å²) in [5.41, 5.74) is 1.91. The molecule has 3 saturated carbocycles. The van der Waals surface area contributed by atoms with Gasteiger partial charge in [-0.2, -0.15) is 0 Å². The van der Waals surface area contributed by atoms with Crippen molar-refractivity contribution in [2.75, 3.05) is 0 Å². The van der Waals surface area contributed by atoms with Crippen molar-refractivity contribution >= 4 is 12.3 Å². The Hall–Kier alpha value is -0.0300. The first kappa shape index (κ1) is 24.1. The lowest BCUT2D eigenvalue weighted by Crippen LogP contribution is -2.51. The van der Waals surface area contributed by atoms with Crippen LogP contribution in [0.2, 0.25) is 0 Å². The Bertz CT molecular complexity index is 673. The van der Waals surface area contributed by atoms with Crippen molar-refractivity contribution in [2.24, 2.45) is 40.4 Å². The Morgan fingerprint density at radius 3 is 2.58 bits per heavy atom. The Morgan fingerprint density at radius 1 is 1.10 bits per heavy atom. The van der Waals surface area contributed by atoms with Gasteiger partial charge in [0.25, 0.3) is 0 Å². The minimum Gasteiger partial charge on any atom is -0.390 e. The average Bonchev–Trinajstić information content (AvgIpc) is 3.04. The van der Waals surface area contributed by atoms with Gasteiger partial charge in [0.05, 0.1) is 11.7 Å². The number of allylic oxidation sites excluding steroid dienone is 1. The molecule has 3 fully saturated rings. The van der Waals surface area contributed by atoms with Crippen LogP contribution in [0.3, 0.4) is 0 Å². The molecule has 2 N–H and O–H groups in total. The fourth-order valence-electron chi connectivity index (χ4n) is 8.50. The predicted octanol–water partition coefficient (Wildman–Crippen LogP) is 7.65. The molecule has 0 amide bonds. The Balaban J connectivity index is 1.42. The highest BCUT2D eigenvalue weighted by Gasteiger charge is 2.58. The smallest absolute Gasteiger partial charge is 0.155 e. The highest BCUT2D eigenvalue weighted by atomic mass is 32.2. The van der Waals surface area contributed by atoms with Gasteiger partial charge in [-0.05, 0) is 112 Å². The predicted molar refractivity (Wildman–Crippen MR) is 130 cm³/mol. The fraction of sp³-hybridized carbons (Fsp3) is 0.926. The highest BCUT2D eigenvalue weighted by molar-refractivity contribution is 7.88. The molecule has 0 radical (unpaired) electrons. The molecule has 7 unspecified atom stereocenters. The van der Waals surface area contributed by atoms with Crippen molar-refractivity contribution in [1.29, 1.82) is 0 Å². The number of rotatable bonds is 7. The van der Waals surface area contributed by atoms with Crippen LogP contribution < -0.4 is 0 Å². The van der Waals surface area contributed by atoms with E-state index < -0.39 is 5.60 Å². The number of aliphatic hydroxyl groups is 1. The van der Waals surface area contributed by atoms with Crippen LogP contribution >= 0.6 is 12.3 Å². The summed E-state index contributed by atoms with van der Waals surface area (Å²) in [4.78, 5) is 0. The van der Waals surface area contributed by atoms with Gasteiger partial charge in [-0.25, -0.2) is 0 Å². The largest absolute Gasteiger partial charge is 0.390 e. The maximum atomic E-state index is 10.7. The third kappa shape index (κ3) is 4.40. The molecule has 0 aromatic carbocycles. The first-order valence-corrected chi connectivity index (χ1v) is 13.7. The first-order chi connectivity index (χ1) is 14.6. The van der Waals surface area contributed by atoms with Gasteiger partial charge in [0, 0.05) is 0 Å². The average molecular weight is 451 g/mol. The zero-order chi connectivity index (χ0) is 22.4. The maximum Gasteiger partial charge on any atom is 0.155 e. The lowest BCUT2D eigenvalue weighted by molar-refractivity contribution is -0.0662. The van der Waals surface area contributed by atoms with E-state index in [9.17, 15) is 5.11 Å². The summed E-state index contributed by atoms with van der Waals surface area (Å²) in [6, 6.07) is 0. The standard InChI is InChI=1S/C27H46O3S/c1-18(2)24(30-31-29)8-6-7-19-10-12-22-21-11-9-20-17-25(3,28)15-16-27(20,5)23(21)13-14-26(19,22)4/h9,18-19,21-24,28-29H,6-8,10-17H2,1-5H3/t19?,21?,22?,23?,24?,25-,26?,27?/m0/s1. The van der Waals surface area contributed by atoms with E-state index in [-0.39, 0.29) is 6.10 Å². The Kier molecular flexibility index (Phi) is 6.97. The molecule has 4 heteroatoms. The number of hydrogen-bond acceptors (Lipinski definition) is 4. The summed E-state index contributed by atoms with van der Waals surface area (Å²) >= 11 is 0.538. The van der Waals surface area contributed by atoms with Crippen molar-refractivity contribution in [3.63, 3.8) is 0 Å². The van der Waals surface area contributed by atoms with Crippen molar-refractivity contribution in [3.05, 3.63) is 11.6 Å².